The van der Waals surface area contributed by atoms with E-state index in [1.54, 1.807) is 11.5 Å². The van der Waals surface area contributed by atoms with Crippen LogP contribution in [0.25, 0.3) is 0 Å². The van der Waals surface area contributed by atoms with Crippen LogP contribution in [0.2, 0.25) is 0 Å². The second-order valence-electron chi connectivity index (χ2n) is 10.9. The van der Waals surface area contributed by atoms with Crippen molar-refractivity contribution < 1.29 is 24.2 Å². The lowest BCUT2D eigenvalue weighted by atomic mass is 9.87. The van der Waals surface area contributed by atoms with E-state index in [-0.39, 0.29) is 16.7 Å². The number of ether oxygens (including phenoxy) is 2. The smallest absolute Gasteiger partial charge is 0.347 e. The van der Waals surface area contributed by atoms with Gasteiger partial charge in [0.05, 0.1) is 12.1 Å². The van der Waals surface area contributed by atoms with Crippen molar-refractivity contribution in [2.45, 2.75) is 85.1 Å². The van der Waals surface area contributed by atoms with Crippen molar-refractivity contribution in [3.63, 3.8) is 0 Å². The summed E-state index contributed by atoms with van der Waals surface area (Å²) in [5, 5.41) is 13.8. The molecule has 0 spiro atoms. The zero-order chi connectivity index (χ0) is 28.3. The third-order valence-corrected chi connectivity index (χ3v) is 6.18. The predicted molar refractivity (Wildman–Crippen MR) is 144 cm³/mol. The Morgan fingerprint density at radius 3 is 2.13 bits per heavy atom. The van der Waals surface area contributed by atoms with Crippen molar-refractivity contribution in [2.24, 2.45) is 0 Å². The van der Waals surface area contributed by atoms with Crippen LogP contribution in [0.1, 0.15) is 88.3 Å². The van der Waals surface area contributed by atoms with Crippen LogP contribution in [0.3, 0.4) is 0 Å². The van der Waals surface area contributed by atoms with Gasteiger partial charge in [-0.05, 0) is 68.0 Å². The molecule has 0 fully saturated rings. The van der Waals surface area contributed by atoms with E-state index in [4.69, 9.17) is 9.47 Å². The van der Waals surface area contributed by atoms with Gasteiger partial charge < -0.3 is 14.6 Å². The van der Waals surface area contributed by atoms with Crippen molar-refractivity contribution in [1.82, 2.24) is 14.3 Å². The molecule has 0 bridgehead atoms. The van der Waals surface area contributed by atoms with E-state index in [1.807, 2.05) is 19.1 Å². The first-order valence-electron chi connectivity index (χ1n) is 12.7. The fourth-order valence-corrected chi connectivity index (χ4v) is 3.86. The number of esters is 1. The number of carbonyl (C=O) groups excluding carboxylic acids is 1. The summed E-state index contributed by atoms with van der Waals surface area (Å²) in [5.74, 6) is -1.01. The molecule has 3 rings (SSSR count). The summed E-state index contributed by atoms with van der Waals surface area (Å²) >= 11 is 0. The summed E-state index contributed by atoms with van der Waals surface area (Å²) in [7, 11) is 0. The normalized spacial score (nSPS) is 12.7. The Morgan fingerprint density at radius 1 is 1.00 bits per heavy atom. The zero-order valence-corrected chi connectivity index (χ0v) is 23.1. The summed E-state index contributed by atoms with van der Waals surface area (Å²) in [4.78, 5) is 37.2. The molecule has 0 aliphatic carbocycles. The third kappa shape index (κ3) is 6.70. The molecular formula is C29H37N3O6. The first-order valence-corrected chi connectivity index (χ1v) is 12.7. The van der Waals surface area contributed by atoms with E-state index in [1.165, 1.54) is 48.4 Å². The quantitative estimate of drug-likeness (QED) is 0.374. The van der Waals surface area contributed by atoms with Crippen molar-refractivity contribution in [2.75, 3.05) is 0 Å². The molecule has 1 atom stereocenters. The second kappa shape index (κ2) is 11.2. The Morgan fingerprint density at radius 2 is 1.61 bits per heavy atom. The fourth-order valence-electron chi connectivity index (χ4n) is 3.86. The van der Waals surface area contributed by atoms with Crippen LogP contribution in [0.4, 0.5) is 0 Å². The number of benzene rings is 2. The molecule has 1 heterocycles. The molecule has 9 nitrogen and oxygen atoms in total. The number of rotatable bonds is 10. The molecule has 9 heteroatoms. The maximum atomic E-state index is 13.1. The zero-order valence-electron chi connectivity index (χ0n) is 23.1. The highest BCUT2D eigenvalue weighted by Crippen LogP contribution is 2.23. The largest absolute Gasteiger partial charge is 0.478 e. The van der Waals surface area contributed by atoms with Gasteiger partial charge in [-0.1, -0.05) is 52.0 Å². The lowest BCUT2D eigenvalue weighted by Crippen LogP contribution is -2.37. The summed E-state index contributed by atoms with van der Waals surface area (Å²) in [5.41, 5.74) is 0.787. The van der Waals surface area contributed by atoms with Crippen molar-refractivity contribution in [3.8, 4) is 5.75 Å². The molecule has 1 N–H and O–H groups in total. The number of hydrogen-bond acceptors (Lipinski definition) is 6. The van der Waals surface area contributed by atoms with Gasteiger partial charge in [0, 0.05) is 6.54 Å². The van der Waals surface area contributed by atoms with Gasteiger partial charge in [0.2, 0.25) is 0 Å². The summed E-state index contributed by atoms with van der Waals surface area (Å²) in [6.45, 7) is 13.7. The average molecular weight is 524 g/mol. The number of hydrogen-bond donors (Lipinski definition) is 1. The van der Waals surface area contributed by atoms with Crippen molar-refractivity contribution in [1.29, 1.82) is 0 Å². The van der Waals surface area contributed by atoms with Gasteiger partial charge in [-0.3, -0.25) is 4.57 Å². The molecule has 38 heavy (non-hydrogen) atoms. The molecule has 3 aromatic rings. The lowest BCUT2D eigenvalue weighted by Gasteiger charge is -2.21. The van der Waals surface area contributed by atoms with Gasteiger partial charge in [-0.25, -0.2) is 19.1 Å². The number of aliphatic carboxylic acids is 1. The standard InChI is InChI=1S/C29H37N3O6/c1-8-17-31-24(30-32(27(31)36)18-20-9-13-22(14-10-20)28(3,4)5)19(2)37-25(33)21-11-15-23(16-12-21)38-29(6,7)26(34)35/h9-16,19H,8,17-18H2,1-7H3,(H,34,35)/t19-/m1/s1. The number of carboxylic acid groups (broad SMARTS) is 1. The maximum Gasteiger partial charge on any atom is 0.347 e. The van der Waals surface area contributed by atoms with Gasteiger partial charge in [0.25, 0.3) is 0 Å². The molecule has 0 amide bonds. The van der Waals surface area contributed by atoms with Gasteiger partial charge in [-0.15, -0.1) is 0 Å². The summed E-state index contributed by atoms with van der Waals surface area (Å²) < 4.78 is 14.1. The molecule has 2 aromatic carbocycles. The van der Waals surface area contributed by atoms with Gasteiger partial charge in [0.15, 0.2) is 17.5 Å². The van der Waals surface area contributed by atoms with E-state index in [2.05, 4.69) is 38.0 Å². The topological polar surface area (TPSA) is 113 Å². The summed E-state index contributed by atoms with van der Waals surface area (Å²) in [6, 6.07) is 14.2. The Bertz CT molecular complexity index is 1330. The molecule has 1 aromatic heterocycles. The Labute approximate surface area is 223 Å². The Balaban J connectivity index is 1.77. The first-order chi connectivity index (χ1) is 17.7. The molecule has 0 aliphatic heterocycles. The van der Waals surface area contributed by atoms with Crippen molar-refractivity contribution >= 4 is 11.9 Å². The van der Waals surface area contributed by atoms with Gasteiger partial charge in [0.1, 0.15) is 5.75 Å². The maximum absolute atomic E-state index is 13.1. The highest BCUT2D eigenvalue weighted by Gasteiger charge is 2.29. The van der Waals surface area contributed by atoms with E-state index in [0.29, 0.717) is 31.1 Å². The van der Waals surface area contributed by atoms with Crippen LogP contribution < -0.4 is 10.4 Å². The molecule has 0 unspecified atom stereocenters. The van der Waals surface area contributed by atoms with Crippen LogP contribution in [0.15, 0.2) is 53.3 Å². The van der Waals surface area contributed by atoms with E-state index < -0.39 is 23.6 Å². The van der Waals surface area contributed by atoms with Crippen LogP contribution in [0, 0.1) is 0 Å². The van der Waals surface area contributed by atoms with E-state index >= 15 is 0 Å². The molecular weight excluding hydrogens is 486 g/mol. The van der Waals surface area contributed by atoms with Crippen LogP contribution in [-0.2, 0) is 28.0 Å². The molecule has 0 saturated carbocycles. The minimum absolute atomic E-state index is 0.0347. The monoisotopic (exact) mass is 523 g/mol. The van der Waals surface area contributed by atoms with Gasteiger partial charge in [-0.2, -0.15) is 5.10 Å². The molecule has 204 valence electrons. The molecule has 0 radical (unpaired) electrons. The lowest BCUT2D eigenvalue weighted by molar-refractivity contribution is -0.152. The van der Waals surface area contributed by atoms with Gasteiger partial charge >= 0.3 is 17.6 Å². The molecule has 0 aliphatic rings. The minimum Gasteiger partial charge on any atom is -0.478 e. The van der Waals surface area contributed by atoms with Crippen LogP contribution >= 0.6 is 0 Å². The number of nitrogens with zero attached hydrogens (tertiary/aromatic N) is 3. The summed E-state index contributed by atoms with van der Waals surface area (Å²) in [6.07, 6.45) is -0.0543. The predicted octanol–water partition coefficient (Wildman–Crippen LogP) is 4.96. The Hall–Kier alpha value is -3.88. The van der Waals surface area contributed by atoms with Crippen molar-refractivity contribution in [3.05, 3.63) is 81.5 Å². The van der Waals surface area contributed by atoms with E-state index in [0.717, 1.165) is 5.56 Å². The highest BCUT2D eigenvalue weighted by atomic mass is 16.5. The third-order valence-electron chi connectivity index (χ3n) is 6.18. The second-order valence-corrected chi connectivity index (χ2v) is 10.9. The van der Waals surface area contributed by atoms with Crippen LogP contribution in [0.5, 0.6) is 5.75 Å². The SMILES string of the molecule is CCCn1c([C@@H](C)OC(=O)c2ccc(OC(C)(C)C(=O)O)cc2)nn(Cc2ccc(C(C)(C)C)cc2)c1=O. The van der Waals surface area contributed by atoms with E-state index in [9.17, 15) is 19.5 Å². The van der Waals surface area contributed by atoms with Crippen LogP contribution in [-0.4, -0.2) is 37.0 Å². The molecule has 0 saturated heterocycles. The Kier molecular flexibility index (Phi) is 8.49. The average Bonchev–Trinajstić information content (AvgIpc) is 3.14. The number of carbonyl (C=O) groups is 2. The highest BCUT2D eigenvalue weighted by molar-refractivity contribution is 5.89. The number of carboxylic acids is 1. The minimum atomic E-state index is -1.41. The first kappa shape index (κ1) is 28.7. The fraction of sp³-hybridized carbons (Fsp3) is 0.448. The number of aromatic nitrogens is 3.